The lowest BCUT2D eigenvalue weighted by molar-refractivity contribution is -0.136. The standard InChI is InChI=1S/C23H29ClN2O2S/c24-18-11-5-4-8-16(18)14-21-23(28)26(19-12-6-7-13-20(19)29-21)15-22(27)25-17-9-2-1-3-10-17/h4-5,8,11,14,17,19-20H,1-3,6-7,9-10,12-13,15H2,(H,25,27)/b21-14+. The van der Waals surface area contributed by atoms with Crippen LogP contribution in [0.5, 0.6) is 0 Å². The van der Waals surface area contributed by atoms with Crippen LogP contribution in [0.3, 0.4) is 0 Å². The summed E-state index contributed by atoms with van der Waals surface area (Å²) in [5.74, 6) is -0.0459. The first-order valence-electron chi connectivity index (χ1n) is 10.8. The summed E-state index contributed by atoms with van der Waals surface area (Å²) in [5.41, 5.74) is 0.853. The molecule has 1 saturated heterocycles. The van der Waals surface area contributed by atoms with Gasteiger partial charge in [-0.1, -0.05) is 61.9 Å². The van der Waals surface area contributed by atoms with Crippen LogP contribution in [-0.2, 0) is 9.59 Å². The summed E-state index contributed by atoms with van der Waals surface area (Å²) in [6, 6.07) is 8.00. The number of nitrogens with one attached hydrogen (secondary N) is 1. The van der Waals surface area contributed by atoms with Gasteiger partial charge in [0.15, 0.2) is 0 Å². The summed E-state index contributed by atoms with van der Waals surface area (Å²) in [6.07, 6.45) is 12.0. The van der Waals surface area contributed by atoms with Crippen molar-refractivity contribution in [2.24, 2.45) is 0 Å². The minimum Gasteiger partial charge on any atom is -0.352 e. The Morgan fingerprint density at radius 1 is 1.10 bits per heavy atom. The van der Waals surface area contributed by atoms with Crippen molar-refractivity contribution in [1.29, 1.82) is 0 Å². The van der Waals surface area contributed by atoms with Gasteiger partial charge in [-0.25, -0.2) is 0 Å². The summed E-state index contributed by atoms with van der Waals surface area (Å²) >= 11 is 7.99. The van der Waals surface area contributed by atoms with Crippen LogP contribution in [0.4, 0.5) is 0 Å². The first kappa shape index (κ1) is 20.8. The van der Waals surface area contributed by atoms with E-state index < -0.39 is 0 Å². The molecule has 4 nitrogen and oxygen atoms in total. The van der Waals surface area contributed by atoms with Gasteiger partial charge in [-0.3, -0.25) is 9.59 Å². The number of fused-ring (bicyclic) bond motifs is 1. The van der Waals surface area contributed by atoms with Crippen molar-refractivity contribution in [2.75, 3.05) is 6.54 Å². The van der Waals surface area contributed by atoms with E-state index in [4.69, 9.17) is 11.6 Å². The summed E-state index contributed by atoms with van der Waals surface area (Å²) < 4.78 is 0. The van der Waals surface area contributed by atoms with E-state index >= 15 is 0 Å². The van der Waals surface area contributed by atoms with Gasteiger partial charge in [0.05, 0.1) is 4.91 Å². The largest absolute Gasteiger partial charge is 0.352 e. The number of amides is 2. The zero-order valence-corrected chi connectivity index (χ0v) is 18.3. The molecule has 1 aliphatic heterocycles. The van der Waals surface area contributed by atoms with Crippen LogP contribution in [0.1, 0.15) is 63.4 Å². The van der Waals surface area contributed by atoms with Crippen LogP contribution in [0.15, 0.2) is 29.2 Å². The number of benzene rings is 1. The maximum atomic E-state index is 13.3. The van der Waals surface area contributed by atoms with E-state index in [1.807, 2.05) is 35.2 Å². The molecule has 3 fully saturated rings. The topological polar surface area (TPSA) is 49.4 Å². The second-order valence-electron chi connectivity index (χ2n) is 8.37. The molecule has 0 radical (unpaired) electrons. The minimum absolute atomic E-state index is 0.0152. The lowest BCUT2D eigenvalue weighted by Gasteiger charge is -2.44. The van der Waals surface area contributed by atoms with Gasteiger partial charge in [-0.2, -0.15) is 0 Å². The highest BCUT2D eigenvalue weighted by Crippen LogP contribution is 2.42. The third-order valence-electron chi connectivity index (χ3n) is 6.29. The summed E-state index contributed by atoms with van der Waals surface area (Å²) in [7, 11) is 0. The molecule has 2 atom stereocenters. The molecule has 4 rings (SSSR count). The quantitative estimate of drug-likeness (QED) is 0.680. The average Bonchev–Trinajstić information content (AvgIpc) is 2.73. The number of carbonyl (C=O) groups is 2. The fraction of sp³-hybridized carbons (Fsp3) is 0.565. The Labute approximate surface area is 182 Å². The van der Waals surface area contributed by atoms with Crippen molar-refractivity contribution in [1.82, 2.24) is 10.2 Å². The lowest BCUT2D eigenvalue weighted by atomic mass is 9.92. The molecule has 2 amide bonds. The van der Waals surface area contributed by atoms with Crippen molar-refractivity contribution >= 4 is 41.3 Å². The van der Waals surface area contributed by atoms with Gasteiger partial charge in [-0.15, -0.1) is 11.8 Å². The Morgan fingerprint density at radius 2 is 1.83 bits per heavy atom. The Balaban J connectivity index is 1.52. The lowest BCUT2D eigenvalue weighted by Crippen LogP contribution is -2.55. The molecule has 1 aromatic carbocycles. The SMILES string of the molecule is O=C(CN1C(=O)/C(=C\c2ccccc2Cl)SC2CCCCC21)NC1CCCCC1. The number of hydrogen-bond acceptors (Lipinski definition) is 3. The fourth-order valence-electron chi connectivity index (χ4n) is 4.77. The van der Waals surface area contributed by atoms with Gasteiger partial charge in [-0.05, 0) is 43.4 Å². The molecular formula is C23H29ClN2O2S. The van der Waals surface area contributed by atoms with E-state index in [1.165, 1.54) is 25.7 Å². The molecule has 2 aliphatic carbocycles. The Morgan fingerprint density at radius 3 is 2.62 bits per heavy atom. The number of rotatable bonds is 4. The van der Waals surface area contributed by atoms with E-state index in [-0.39, 0.29) is 30.4 Å². The van der Waals surface area contributed by atoms with Crippen molar-refractivity contribution < 1.29 is 9.59 Å². The predicted molar refractivity (Wildman–Crippen MR) is 120 cm³/mol. The van der Waals surface area contributed by atoms with E-state index in [0.29, 0.717) is 15.2 Å². The first-order chi connectivity index (χ1) is 14.1. The van der Waals surface area contributed by atoms with Crippen molar-refractivity contribution in [2.45, 2.75) is 75.1 Å². The molecule has 6 heteroatoms. The number of thioether (sulfide) groups is 1. The molecule has 2 saturated carbocycles. The van der Waals surface area contributed by atoms with E-state index in [9.17, 15) is 9.59 Å². The third-order valence-corrected chi connectivity index (χ3v) is 8.04. The summed E-state index contributed by atoms with van der Waals surface area (Å²) in [6.45, 7) is 0.164. The van der Waals surface area contributed by atoms with Gasteiger partial charge >= 0.3 is 0 Å². The van der Waals surface area contributed by atoms with Gasteiger partial charge < -0.3 is 10.2 Å². The number of carbonyl (C=O) groups excluding carboxylic acids is 2. The molecule has 156 valence electrons. The molecule has 0 spiro atoms. The summed E-state index contributed by atoms with van der Waals surface area (Å²) in [4.78, 5) is 28.6. The van der Waals surface area contributed by atoms with Crippen LogP contribution >= 0.6 is 23.4 Å². The van der Waals surface area contributed by atoms with Crippen LogP contribution in [0.25, 0.3) is 6.08 Å². The van der Waals surface area contributed by atoms with E-state index in [2.05, 4.69) is 5.32 Å². The predicted octanol–water partition coefficient (Wildman–Crippen LogP) is 5.02. The van der Waals surface area contributed by atoms with Crippen LogP contribution in [0, 0.1) is 0 Å². The molecule has 1 N–H and O–H groups in total. The molecule has 29 heavy (non-hydrogen) atoms. The zero-order valence-electron chi connectivity index (χ0n) is 16.7. The van der Waals surface area contributed by atoms with Gasteiger partial charge in [0.2, 0.25) is 5.91 Å². The zero-order chi connectivity index (χ0) is 20.2. The maximum absolute atomic E-state index is 13.3. The third kappa shape index (κ3) is 5.00. The second kappa shape index (κ2) is 9.57. The average molecular weight is 433 g/mol. The Kier molecular flexibility index (Phi) is 6.86. The highest BCUT2D eigenvalue weighted by molar-refractivity contribution is 8.04. The molecule has 2 unspecified atom stereocenters. The molecule has 3 aliphatic rings. The van der Waals surface area contributed by atoms with Crippen molar-refractivity contribution in [3.05, 3.63) is 39.8 Å². The molecule has 1 heterocycles. The van der Waals surface area contributed by atoms with E-state index in [0.717, 1.165) is 37.7 Å². The first-order valence-corrected chi connectivity index (χ1v) is 12.1. The number of hydrogen-bond donors (Lipinski definition) is 1. The molecule has 0 aromatic heterocycles. The van der Waals surface area contributed by atoms with Gasteiger partial charge in [0, 0.05) is 22.4 Å². The second-order valence-corrected chi connectivity index (χ2v) is 10.1. The Bertz CT molecular complexity index is 791. The number of halogens is 1. The number of nitrogens with zero attached hydrogens (tertiary/aromatic N) is 1. The highest BCUT2D eigenvalue weighted by atomic mass is 35.5. The monoisotopic (exact) mass is 432 g/mol. The van der Waals surface area contributed by atoms with Crippen molar-refractivity contribution in [3.63, 3.8) is 0 Å². The molecular weight excluding hydrogens is 404 g/mol. The van der Waals surface area contributed by atoms with Gasteiger partial charge in [0.1, 0.15) is 6.54 Å². The molecule has 1 aromatic rings. The van der Waals surface area contributed by atoms with E-state index in [1.54, 1.807) is 11.8 Å². The molecule has 0 bridgehead atoms. The van der Waals surface area contributed by atoms with Crippen LogP contribution in [0.2, 0.25) is 5.02 Å². The Hall–Kier alpha value is -1.46. The van der Waals surface area contributed by atoms with Crippen molar-refractivity contribution in [3.8, 4) is 0 Å². The minimum atomic E-state index is -0.0307. The normalized spacial score (nSPS) is 27.0. The smallest absolute Gasteiger partial charge is 0.261 e. The van der Waals surface area contributed by atoms with Crippen LogP contribution in [-0.4, -0.2) is 40.6 Å². The highest BCUT2D eigenvalue weighted by Gasteiger charge is 2.41. The van der Waals surface area contributed by atoms with Gasteiger partial charge in [0.25, 0.3) is 5.91 Å². The summed E-state index contributed by atoms with van der Waals surface area (Å²) in [5, 5.41) is 4.17. The van der Waals surface area contributed by atoms with Crippen LogP contribution < -0.4 is 5.32 Å². The fourth-order valence-corrected chi connectivity index (χ4v) is 6.42. The maximum Gasteiger partial charge on any atom is 0.261 e.